The Morgan fingerprint density at radius 2 is 2.00 bits per heavy atom. The molecule has 0 aliphatic carbocycles. The predicted molar refractivity (Wildman–Crippen MR) is 108 cm³/mol. The fraction of sp³-hybridized carbons (Fsp3) is 0.364. The molecular weight excluding hydrogens is 356 g/mol. The maximum atomic E-state index is 11.9. The van der Waals surface area contributed by atoms with E-state index in [1.807, 2.05) is 35.8 Å². The molecule has 1 N–H and O–H groups in total. The maximum absolute atomic E-state index is 11.9. The zero-order valence-electron chi connectivity index (χ0n) is 16.7. The van der Waals surface area contributed by atoms with E-state index in [0.717, 1.165) is 33.5 Å². The van der Waals surface area contributed by atoms with Gasteiger partial charge in [0.25, 0.3) is 0 Å². The molecular formula is C22H26N2O4. The van der Waals surface area contributed by atoms with Gasteiger partial charge < -0.3 is 19.1 Å². The van der Waals surface area contributed by atoms with Crippen LogP contribution in [-0.2, 0) is 11.3 Å². The monoisotopic (exact) mass is 382 g/mol. The number of fused-ring (bicyclic) bond motifs is 1. The zero-order valence-corrected chi connectivity index (χ0v) is 16.7. The number of aromatic carboxylic acids is 1. The van der Waals surface area contributed by atoms with Gasteiger partial charge in [0.2, 0.25) is 0 Å². The van der Waals surface area contributed by atoms with E-state index in [-0.39, 0.29) is 11.6 Å². The average Bonchev–Trinajstić information content (AvgIpc) is 3.00. The summed E-state index contributed by atoms with van der Waals surface area (Å²) in [6, 6.07) is 9.51. The van der Waals surface area contributed by atoms with Crippen molar-refractivity contribution in [3.63, 3.8) is 0 Å². The minimum absolute atomic E-state index is 0.203. The molecule has 0 atom stereocenters. The average molecular weight is 382 g/mol. The first-order valence-electron chi connectivity index (χ1n) is 9.34. The highest BCUT2D eigenvalue weighted by molar-refractivity contribution is 5.96. The van der Waals surface area contributed by atoms with Gasteiger partial charge in [-0.15, -0.1) is 0 Å². The highest BCUT2D eigenvalue weighted by Crippen LogP contribution is 2.33. The second-order valence-electron chi connectivity index (χ2n) is 7.19. The van der Waals surface area contributed by atoms with Crippen LogP contribution in [-0.4, -0.2) is 41.0 Å². The Labute approximate surface area is 164 Å². The summed E-state index contributed by atoms with van der Waals surface area (Å²) in [6.45, 7) is 7.53. The first-order valence-corrected chi connectivity index (χ1v) is 9.34. The molecule has 6 heteroatoms. The Bertz CT molecular complexity index is 992. The van der Waals surface area contributed by atoms with Gasteiger partial charge in [-0.1, -0.05) is 13.8 Å². The van der Waals surface area contributed by atoms with Gasteiger partial charge in [0.05, 0.1) is 24.4 Å². The molecule has 3 aromatic rings. The number of hydrogen-bond acceptors (Lipinski definition) is 4. The number of carbonyl (C=O) groups is 1. The fourth-order valence-electron chi connectivity index (χ4n) is 3.37. The summed E-state index contributed by atoms with van der Waals surface area (Å²) in [7, 11) is 1.63. The highest BCUT2D eigenvalue weighted by atomic mass is 16.5. The molecule has 0 amide bonds. The summed E-state index contributed by atoms with van der Waals surface area (Å²) in [5.74, 6) is -0.0364. The van der Waals surface area contributed by atoms with Crippen LogP contribution in [0.5, 0.6) is 5.75 Å². The van der Waals surface area contributed by atoms with Crippen LogP contribution in [0, 0.1) is 6.92 Å². The summed E-state index contributed by atoms with van der Waals surface area (Å²) in [6.07, 6.45) is 1.75. The summed E-state index contributed by atoms with van der Waals surface area (Å²) < 4.78 is 12.7. The lowest BCUT2D eigenvalue weighted by Crippen LogP contribution is -2.11. The van der Waals surface area contributed by atoms with E-state index >= 15 is 0 Å². The third kappa shape index (κ3) is 4.17. The van der Waals surface area contributed by atoms with Gasteiger partial charge in [-0.25, -0.2) is 4.79 Å². The van der Waals surface area contributed by atoms with Crippen molar-refractivity contribution in [1.29, 1.82) is 0 Å². The van der Waals surface area contributed by atoms with Crippen molar-refractivity contribution in [2.45, 2.75) is 33.2 Å². The standard InChI is InChI=1S/C22H26N2O4/c1-14(2)19-12-18(28-8-7-27-4)10-16-11-20(22(25)26)24(21(16)19)13-17-9-15(3)5-6-23-17/h5-6,9-12,14H,7-8,13H2,1-4H3,(H,25,26). The van der Waals surface area contributed by atoms with E-state index in [1.165, 1.54) is 0 Å². The van der Waals surface area contributed by atoms with Crippen molar-refractivity contribution in [3.8, 4) is 5.75 Å². The van der Waals surface area contributed by atoms with E-state index in [9.17, 15) is 9.90 Å². The molecule has 148 valence electrons. The van der Waals surface area contributed by atoms with Crippen molar-refractivity contribution in [3.05, 3.63) is 59.0 Å². The van der Waals surface area contributed by atoms with Gasteiger partial charge >= 0.3 is 5.97 Å². The lowest BCUT2D eigenvalue weighted by atomic mass is 10.00. The van der Waals surface area contributed by atoms with Crippen LogP contribution >= 0.6 is 0 Å². The van der Waals surface area contributed by atoms with Crippen molar-refractivity contribution in [2.75, 3.05) is 20.3 Å². The lowest BCUT2D eigenvalue weighted by molar-refractivity contribution is 0.0686. The van der Waals surface area contributed by atoms with E-state index < -0.39 is 5.97 Å². The number of nitrogens with zero attached hydrogens (tertiary/aromatic N) is 2. The van der Waals surface area contributed by atoms with Gasteiger partial charge in [0.15, 0.2) is 0 Å². The van der Waals surface area contributed by atoms with Crippen LogP contribution < -0.4 is 4.74 Å². The Kier molecular flexibility index (Phi) is 5.99. The minimum Gasteiger partial charge on any atom is -0.491 e. The summed E-state index contributed by atoms with van der Waals surface area (Å²) in [5.41, 5.74) is 4.13. The number of benzene rings is 1. The molecule has 0 radical (unpaired) electrons. The number of ether oxygens (including phenoxy) is 2. The predicted octanol–water partition coefficient (Wildman–Crippen LogP) is 4.24. The van der Waals surface area contributed by atoms with Gasteiger partial charge in [-0.05, 0) is 54.3 Å². The molecule has 0 aliphatic rings. The fourth-order valence-corrected chi connectivity index (χ4v) is 3.37. The number of methoxy groups -OCH3 is 1. The van der Waals surface area contributed by atoms with E-state index in [4.69, 9.17) is 9.47 Å². The molecule has 2 heterocycles. The third-order valence-electron chi connectivity index (χ3n) is 4.68. The number of aromatic nitrogens is 2. The molecule has 0 saturated carbocycles. The summed E-state index contributed by atoms with van der Waals surface area (Å²) >= 11 is 0. The molecule has 6 nitrogen and oxygen atoms in total. The van der Waals surface area contributed by atoms with E-state index in [2.05, 4.69) is 18.8 Å². The first kappa shape index (κ1) is 19.9. The number of carboxylic acids is 1. The Hall–Kier alpha value is -2.86. The normalized spacial score (nSPS) is 11.3. The number of rotatable bonds is 8. The van der Waals surface area contributed by atoms with Crippen LogP contribution in [0.25, 0.3) is 10.9 Å². The summed E-state index contributed by atoms with van der Waals surface area (Å²) in [5, 5.41) is 10.6. The quantitative estimate of drug-likeness (QED) is 0.590. The van der Waals surface area contributed by atoms with Crippen molar-refractivity contribution >= 4 is 16.9 Å². The van der Waals surface area contributed by atoms with Crippen LogP contribution in [0.4, 0.5) is 0 Å². The Balaban J connectivity index is 2.15. The Morgan fingerprint density at radius 3 is 2.64 bits per heavy atom. The molecule has 0 spiro atoms. The number of carboxylic acid groups (broad SMARTS) is 1. The van der Waals surface area contributed by atoms with Gasteiger partial charge in [0, 0.05) is 18.7 Å². The van der Waals surface area contributed by atoms with Crippen LogP contribution in [0.3, 0.4) is 0 Å². The molecule has 3 rings (SSSR count). The molecule has 28 heavy (non-hydrogen) atoms. The van der Waals surface area contributed by atoms with E-state index in [0.29, 0.717) is 19.8 Å². The SMILES string of the molecule is COCCOc1cc(C(C)C)c2c(c1)cc(C(=O)O)n2Cc1cc(C)ccn1. The van der Waals surface area contributed by atoms with Crippen molar-refractivity contribution < 1.29 is 19.4 Å². The van der Waals surface area contributed by atoms with Crippen LogP contribution in [0.15, 0.2) is 36.5 Å². The number of pyridine rings is 1. The second-order valence-corrected chi connectivity index (χ2v) is 7.19. The molecule has 0 saturated heterocycles. The van der Waals surface area contributed by atoms with Crippen molar-refractivity contribution in [2.24, 2.45) is 0 Å². The van der Waals surface area contributed by atoms with Gasteiger partial charge in [0.1, 0.15) is 18.1 Å². The zero-order chi connectivity index (χ0) is 20.3. The third-order valence-corrected chi connectivity index (χ3v) is 4.68. The smallest absolute Gasteiger partial charge is 0.352 e. The maximum Gasteiger partial charge on any atom is 0.352 e. The molecule has 0 bridgehead atoms. The van der Waals surface area contributed by atoms with Crippen molar-refractivity contribution in [1.82, 2.24) is 9.55 Å². The molecule has 1 aromatic carbocycles. The molecule has 2 aromatic heterocycles. The highest BCUT2D eigenvalue weighted by Gasteiger charge is 2.20. The van der Waals surface area contributed by atoms with Crippen LogP contribution in [0.1, 0.15) is 47.1 Å². The van der Waals surface area contributed by atoms with Crippen LogP contribution in [0.2, 0.25) is 0 Å². The van der Waals surface area contributed by atoms with Gasteiger partial charge in [-0.3, -0.25) is 4.98 Å². The minimum atomic E-state index is -0.958. The first-order chi connectivity index (χ1) is 13.4. The number of hydrogen-bond donors (Lipinski definition) is 1. The Morgan fingerprint density at radius 1 is 1.21 bits per heavy atom. The second kappa shape index (κ2) is 8.44. The lowest BCUT2D eigenvalue weighted by Gasteiger charge is -2.16. The molecule has 0 aliphatic heterocycles. The largest absolute Gasteiger partial charge is 0.491 e. The number of aryl methyl sites for hydroxylation is 1. The topological polar surface area (TPSA) is 73.6 Å². The van der Waals surface area contributed by atoms with E-state index in [1.54, 1.807) is 19.4 Å². The molecule has 0 fully saturated rings. The summed E-state index contributed by atoms with van der Waals surface area (Å²) in [4.78, 5) is 16.3. The molecule has 0 unspecified atom stereocenters. The van der Waals surface area contributed by atoms with Gasteiger partial charge in [-0.2, -0.15) is 0 Å².